The molecule has 0 heterocycles. The molecule has 0 radical (unpaired) electrons. The molecule has 0 aliphatic carbocycles. The molecule has 0 bridgehead atoms. The second-order valence-corrected chi connectivity index (χ2v) is 2.29. The van der Waals surface area contributed by atoms with Crippen LogP contribution in [0.3, 0.4) is 0 Å². The first-order valence-corrected chi connectivity index (χ1v) is 3.34. The summed E-state index contributed by atoms with van der Waals surface area (Å²) in [6, 6.07) is 2.07. The molecule has 0 atom stereocenters. The van der Waals surface area contributed by atoms with Gasteiger partial charge in [-0.25, -0.2) is 0 Å². The number of nitrogens with zero attached hydrogens (tertiary/aromatic N) is 1. The fraction of sp³-hybridized carbons (Fsp3) is 0.500. The first-order chi connectivity index (χ1) is 3.72. The van der Waals surface area contributed by atoms with Crippen molar-refractivity contribution in [2.24, 2.45) is 5.92 Å². The van der Waals surface area contributed by atoms with Crippen molar-refractivity contribution in [2.75, 3.05) is 0 Å². The van der Waals surface area contributed by atoms with E-state index in [0.29, 0.717) is 5.92 Å². The third-order valence-electron chi connectivity index (χ3n) is 0.869. The molecule has 0 aromatic heterocycles. The molecule has 0 N–H and O–H groups in total. The number of halogens is 1. The van der Waals surface area contributed by atoms with Crippen LogP contribution in [0.1, 0.15) is 13.8 Å². The molecule has 0 aromatic rings. The van der Waals surface area contributed by atoms with Crippen LogP contribution in [-0.2, 0) is 0 Å². The summed E-state index contributed by atoms with van der Waals surface area (Å²) in [5.74, 6) is 0.333. The van der Waals surface area contributed by atoms with Crippen molar-refractivity contribution in [2.45, 2.75) is 13.8 Å². The van der Waals surface area contributed by atoms with E-state index < -0.39 is 0 Å². The molecule has 0 aromatic carbocycles. The molecule has 0 spiro atoms. The Morgan fingerprint density at radius 3 is 2.25 bits per heavy atom. The van der Waals surface area contributed by atoms with Crippen LogP contribution in [0.5, 0.6) is 0 Å². The van der Waals surface area contributed by atoms with E-state index in [1.54, 1.807) is 4.99 Å². The zero-order valence-corrected chi connectivity index (χ0v) is 6.57. The third-order valence-corrected chi connectivity index (χ3v) is 1.36. The maximum atomic E-state index is 8.35. The van der Waals surface area contributed by atoms with Gasteiger partial charge in [-0.05, 0) is 10.9 Å². The van der Waals surface area contributed by atoms with E-state index in [4.69, 9.17) is 5.26 Å². The highest BCUT2D eigenvalue weighted by atomic mass is 79.9. The first kappa shape index (κ1) is 7.71. The SMILES string of the molecule is CC(C)/C(C#N)=C/Br. The Bertz CT molecular complexity index is 130. The van der Waals surface area contributed by atoms with Crippen LogP contribution in [0.4, 0.5) is 0 Å². The maximum Gasteiger partial charge on any atom is 0.0955 e. The Labute approximate surface area is 58.1 Å². The van der Waals surface area contributed by atoms with Crippen LogP contribution in [0.15, 0.2) is 10.6 Å². The monoisotopic (exact) mass is 173 g/mol. The number of hydrogen-bond acceptors (Lipinski definition) is 1. The summed E-state index contributed by atoms with van der Waals surface area (Å²) in [4.78, 5) is 1.66. The number of allylic oxidation sites excluding steroid dienone is 1. The van der Waals surface area contributed by atoms with E-state index >= 15 is 0 Å². The Kier molecular flexibility index (Phi) is 3.55. The normalized spacial score (nSPS) is 11.6. The van der Waals surface area contributed by atoms with Gasteiger partial charge in [0.05, 0.1) is 6.07 Å². The lowest BCUT2D eigenvalue weighted by molar-refractivity contribution is 0.798. The number of nitriles is 1. The van der Waals surface area contributed by atoms with Gasteiger partial charge in [0.15, 0.2) is 0 Å². The molecule has 0 aliphatic heterocycles. The Morgan fingerprint density at radius 1 is 1.75 bits per heavy atom. The molecule has 0 saturated carbocycles. The molecular formula is C6H8BrN. The highest BCUT2D eigenvalue weighted by Crippen LogP contribution is 2.08. The topological polar surface area (TPSA) is 23.8 Å². The van der Waals surface area contributed by atoms with Crippen molar-refractivity contribution in [1.82, 2.24) is 0 Å². The van der Waals surface area contributed by atoms with Crippen LogP contribution in [0.2, 0.25) is 0 Å². The molecule has 0 unspecified atom stereocenters. The van der Waals surface area contributed by atoms with Crippen molar-refractivity contribution >= 4 is 15.9 Å². The molecule has 0 rings (SSSR count). The van der Waals surface area contributed by atoms with Crippen molar-refractivity contribution in [1.29, 1.82) is 5.26 Å². The Morgan fingerprint density at radius 2 is 2.25 bits per heavy atom. The number of rotatable bonds is 1. The van der Waals surface area contributed by atoms with Gasteiger partial charge in [-0.15, -0.1) is 0 Å². The summed E-state index contributed by atoms with van der Waals surface area (Å²) in [7, 11) is 0. The third kappa shape index (κ3) is 2.13. The summed E-state index contributed by atoms with van der Waals surface area (Å²) >= 11 is 3.09. The van der Waals surface area contributed by atoms with E-state index in [-0.39, 0.29) is 0 Å². The molecule has 2 heteroatoms. The van der Waals surface area contributed by atoms with Gasteiger partial charge in [0.2, 0.25) is 0 Å². The van der Waals surface area contributed by atoms with Gasteiger partial charge in [-0.3, -0.25) is 0 Å². The van der Waals surface area contributed by atoms with Gasteiger partial charge in [0, 0.05) is 5.57 Å². The van der Waals surface area contributed by atoms with Crippen LogP contribution in [-0.4, -0.2) is 0 Å². The first-order valence-electron chi connectivity index (χ1n) is 2.42. The largest absolute Gasteiger partial charge is 0.193 e. The van der Waals surface area contributed by atoms with Crippen LogP contribution in [0.25, 0.3) is 0 Å². The lowest BCUT2D eigenvalue weighted by atomic mass is 10.1. The average molecular weight is 174 g/mol. The van der Waals surface area contributed by atoms with Gasteiger partial charge in [-0.1, -0.05) is 29.8 Å². The van der Waals surface area contributed by atoms with Crippen molar-refractivity contribution in [3.63, 3.8) is 0 Å². The summed E-state index contributed by atoms with van der Waals surface area (Å²) in [5, 5.41) is 8.35. The Balaban J connectivity index is 3.98. The fourth-order valence-electron chi connectivity index (χ4n) is 0.279. The molecule has 0 amide bonds. The van der Waals surface area contributed by atoms with Crippen LogP contribution >= 0.6 is 15.9 Å². The molecule has 44 valence electrons. The smallest absolute Gasteiger partial charge is 0.0955 e. The maximum absolute atomic E-state index is 8.35. The second-order valence-electron chi connectivity index (χ2n) is 1.83. The highest BCUT2D eigenvalue weighted by molar-refractivity contribution is 9.11. The van der Waals surface area contributed by atoms with Gasteiger partial charge in [-0.2, -0.15) is 5.26 Å². The minimum absolute atomic E-state index is 0.333. The van der Waals surface area contributed by atoms with E-state index in [9.17, 15) is 0 Å². The lowest BCUT2D eigenvalue weighted by Gasteiger charge is -1.96. The summed E-state index contributed by atoms with van der Waals surface area (Å²) in [6.45, 7) is 3.96. The van der Waals surface area contributed by atoms with Gasteiger partial charge in [0.1, 0.15) is 0 Å². The van der Waals surface area contributed by atoms with Gasteiger partial charge in [0.25, 0.3) is 0 Å². The van der Waals surface area contributed by atoms with Crippen molar-refractivity contribution < 1.29 is 0 Å². The molecule has 8 heavy (non-hydrogen) atoms. The van der Waals surface area contributed by atoms with Gasteiger partial charge >= 0.3 is 0 Å². The number of hydrogen-bond donors (Lipinski definition) is 0. The average Bonchev–Trinajstić information content (AvgIpc) is 1.69. The predicted octanol–water partition coefficient (Wildman–Crippen LogP) is 2.44. The molecule has 0 saturated heterocycles. The van der Waals surface area contributed by atoms with Crippen molar-refractivity contribution in [3.05, 3.63) is 10.6 Å². The quantitative estimate of drug-likeness (QED) is 0.560. The summed E-state index contributed by atoms with van der Waals surface area (Å²) in [6.07, 6.45) is 0. The molecule has 0 fully saturated rings. The standard InChI is InChI=1S/C6H8BrN/c1-5(2)6(3-7)4-8/h3,5H,1-2H3/b6-3+. The van der Waals surface area contributed by atoms with E-state index in [1.807, 2.05) is 13.8 Å². The fourth-order valence-corrected chi connectivity index (χ4v) is 0.911. The van der Waals surface area contributed by atoms with Crippen molar-refractivity contribution in [3.8, 4) is 6.07 Å². The predicted molar refractivity (Wildman–Crippen MR) is 37.5 cm³/mol. The summed E-state index contributed by atoms with van der Waals surface area (Å²) in [5.41, 5.74) is 0.782. The van der Waals surface area contributed by atoms with Crippen LogP contribution in [0, 0.1) is 17.2 Å². The minimum Gasteiger partial charge on any atom is -0.193 e. The van der Waals surface area contributed by atoms with Crippen LogP contribution < -0.4 is 0 Å². The molecule has 0 aliphatic rings. The van der Waals surface area contributed by atoms with E-state index in [2.05, 4.69) is 22.0 Å². The van der Waals surface area contributed by atoms with E-state index in [1.165, 1.54) is 0 Å². The van der Waals surface area contributed by atoms with Gasteiger partial charge < -0.3 is 0 Å². The zero-order chi connectivity index (χ0) is 6.57. The molecular weight excluding hydrogens is 166 g/mol. The Hall–Kier alpha value is -0.290. The lowest BCUT2D eigenvalue weighted by Crippen LogP contribution is -1.87. The highest BCUT2D eigenvalue weighted by Gasteiger charge is 1.97. The minimum atomic E-state index is 0.333. The zero-order valence-electron chi connectivity index (χ0n) is 4.98. The van der Waals surface area contributed by atoms with E-state index in [0.717, 1.165) is 5.57 Å². The summed E-state index contributed by atoms with van der Waals surface area (Å²) < 4.78 is 0. The second kappa shape index (κ2) is 3.68. The molecule has 1 nitrogen and oxygen atoms in total.